The number of hydrogen-bond acceptors (Lipinski definition) is 8. The summed E-state index contributed by atoms with van der Waals surface area (Å²) in [7, 11) is 1.43. The van der Waals surface area contributed by atoms with Gasteiger partial charge in [0.1, 0.15) is 11.6 Å². The molecule has 36 heavy (non-hydrogen) atoms. The van der Waals surface area contributed by atoms with E-state index in [4.69, 9.17) is 23.7 Å². The highest BCUT2D eigenvalue weighted by molar-refractivity contribution is 6.01. The number of nitriles is 1. The summed E-state index contributed by atoms with van der Waals surface area (Å²) in [5.74, 6) is 0.466. The molecule has 0 fully saturated rings. The average molecular weight is 497 g/mol. The van der Waals surface area contributed by atoms with Crippen molar-refractivity contribution in [3.63, 3.8) is 0 Å². The van der Waals surface area contributed by atoms with Crippen LogP contribution in [0.2, 0.25) is 0 Å². The van der Waals surface area contributed by atoms with E-state index >= 15 is 0 Å². The lowest BCUT2D eigenvalue weighted by molar-refractivity contribution is -0.117. The Labute approximate surface area is 211 Å². The summed E-state index contributed by atoms with van der Waals surface area (Å²) in [4.78, 5) is 25.2. The molecular formula is C27H32N2O7. The second-order valence-electron chi connectivity index (χ2n) is 7.33. The molecule has 0 heterocycles. The Balaban J connectivity index is 2.36. The van der Waals surface area contributed by atoms with Gasteiger partial charge in [0.25, 0.3) is 5.91 Å². The molecule has 0 aliphatic rings. The number of ether oxygens (including phenoxy) is 5. The van der Waals surface area contributed by atoms with Gasteiger partial charge in [0.05, 0.1) is 32.5 Å². The smallest absolute Gasteiger partial charge is 0.343 e. The van der Waals surface area contributed by atoms with E-state index in [0.29, 0.717) is 49.2 Å². The lowest BCUT2D eigenvalue weighted by atomic mass is 10.1. The number of carbonyl (C=O) groups excluding carboxylic acids is 2. The second kappa shape index (κ2) is 14.3. The number of rotatable bonds is 13. The number of nitrogens with zero attached hydrogens (tertiary/aromatic N) is 1. The first-order valence-electron chi connectivity index (χ1n) is 11.8. The molecule has 0 spiro atoms. The molecule has 9 nitrogen and oxygen atoms in total. The number of carbonyl (C=O) groups is 2. The minimum atomic E-state index is -0.654. The summed E-state index contributed by atoms with van der Waals surface area (Å²) >= 11 is 0. The molecule has 2 aromatic carbocycles. The molecule has 192 valence electrons. The maximum Gasteiger partial charge on any atom is 0.343 e. The van der Waals surface area contributed by atoms with Crippen LogP contribution in [0.5, 0.6) is 28.7 Å². The van der Waals surface area contributed by atoms with Gasteiger partial charge in [0.15, 0.2) is 23.0 Å². The van der Waals surface area contributed by atoms with Crippen molar-refractivity contribution in [2.45, 2.75) is 34.1 Å². The van der Waals surface area contributed by atoms with Crippen LogP contribution in [0.1, 0.15) is 50.0 Å². The number of nitrogens with one attached hydrogen (secondary N) is 1. The quantitative estimate of drug-likeness (QED) is 0.186. The summed E-state index contributed by atoms with van der Waals surface area (Å²) in [5.41, 5.74) is 0.695. The summed E-state index contributed by atoms with van der Waals surface area (Å²) in [6.07, 6.45) is 2.19. The third-order valence-corrected chi connectivity index (χ3v) is 4.75. The maximum absolute atomic E-state index is 13.0. The van der Waals surface area contributed by atoms with E-state index in [9.17, 15) is 14.9 Å². The molecule has 0 bridgehead atoms. The molecular weight excluding hydrogens is 464 g/mol. The van der Waals surface area contributed by atoms with Gasteiger partial charge in [-0.2, -0.15) is 5.26 Å². The molecule has 0 saturated heterocycles. The summed E-state index contributed by atoms with van der Waals surface area (Å²) in [5, 5.41) is 12.0. The Morgan fingerprint density at radius 3 is 2.08 bits per heavy atom. The van der Waals surface area contributed by atoms with Gasteiger partial charge in [0, 0.05) is 6.54 Å². The van der Waals surface area contributed by atoms with Crippen LogP contribution in [0.4, 0.5) is 0 Å². The molecule has 1 amide bonds. The van der Waals surface area contributed by atoms with E-state index in [2.05, 4.69) is 5.32 Å². The molecule has 0 unspecified atom stereocenters. The number of esters is 1. The van der Waals surface area contributed by atoms with Crippen molar-refractivity contribution in [3.8, 4) is 34.8 Å². The molecule has 2 aromatic rings. The summed E-state index contributed by atoms with van der Waals surface area (Å²) in [6.45, 7) is 9.02. The van der Waals surface area contributed by atoms with E-state index in [0.717, 1.165) is 6.42 Å². The Bertz CT molecular complexity index is 1110. The minimum Gasteiger partial charge on any atom is -0.493 e. The predicted octanol–water partition coefficient (Wildman–Crippen LogP) is 4.54. The van der Waals surface area contributed by atoms with Gasteiger partial charge in [-0.25, -0.2) is 4.79 Å². The zero-order valence-corrected chi connectivity index (χ0v) is 21.3. The summed E-state index contributed by atoms with van der Waals surface area (Å²) in [6, 6.07) is 9.69. The SMILES string of the molecule is CCCNC(=O)C(C#N)=Cc1ccc(OC(=O)c2cc(OCC)c(OCC)c(OCC)c2)c(OC)c1. The Kier molecular flexibility index (Phi) is 11.1. The lowest BCUT2D eigenvalue weighted by Crippen LogP contribution is -2.25. The van der Waals surface area contributed by atoms with Crippen LogP contribution in [0.3, 0.4) is 0 Å². The number of hydrogen-bond donors (Lipinski definition) is 1. The van der Waals surface area contributed by atoms with Crippen LogP contribution >= 0.6 is 0 Å². The molecule has 0 atom stereocenters. The summed E-state index contributed by atoms with van der Waals surface area (Å²) < 4.78 is 28.0. The van der Waals surface area contributed by atoms with Gasteiger partial charge < -0.3 is 29.0 Å². The van der Waals surface area contributed by atoms with Gasteiger partial charge in [0.2, 0.25) is 5.75 Å². The highest BCUT2D eigenvalue weighted by Gasteiger charge is 2.21. The number of benzene rings is 2. The Morgan fingerprint density at radius 2 is 1.56 bits per heavy atom. The minimum absolute atomic E-state index is 0.0449. The lowest BCUT2D eigenvalue weighted by Gasteiger charge is -2.17. The average Bonchev–Trinajstić information content (AvgIpc) is 2.88. The van der Waals surface area contributed by atoms with E-state index in [1.807, 2.05) is 33.8 Å². The zero-order valence-electron chi connectivity index (χ0n) is 21.3. The second-order valence-corrected chi connectivity index (χ2v) is 7.33. The predicted molar refractivity (Wildman–Crippen MR) is 135 cm³/mol. The fraction of sp³-hybridized carbons (Fsp3) is 0.370. The Hall–Kier alpha value is -4.19. The van der Waals surface area contributed by atoms with Crippen LogP contribution in [-0.2, 0) is 4.79 Å². The number of amides is 1. The fourth-order valence-corrected chi connectivity index (χ4v) is 3.17. The van der Waals surface area contributed by atoms with Crippen molar-refractivity contribution in [3.05, 3.63) is 47.0 Å². The molecule has 0 aliphatic heterocycles. The van der Waals surface area contributed by atoms with Crippen LogP contribution in [0.15, 0.2) is 35.9 Å². The van der Waals surface area contributed by atoms with Crippen LogP contribution in [0.25, 0.3) is 6.08 Å². The first kappa shape index (κ1) is 28.1. The molecule has 0 aliphatic carbocycles. The van der Waals surface area contributed by atoms with Crippen molar-refractivity contribution in [1.82, 2.24) is 5.32 Å². The van der Waals surface area contributed by atoms with Gasteiger partial charge in [-0.15, -0.1) is 0 Å². The van der Waals surface area contributed by atoms with E-state index < -0.39 is 11.9 Å². The molecule has 0 radical (unpaired) electrons. The fourth-order valence-electron chi connectivity index (χ4n) is 3.17. The van der Waals surface area contributed by atoms with Crippen molar-refractivity contribution in [2.24, 2.45) is 0 Å². The van der Waals surface area contributed by atoms with Gasteiger partial charge >= 0.3 is 5.97 Å². The topological polar surface area (TPSA) is 116 Å². The maximum atomic E-state index is 13.0. The van der Waals surface area contributed by atoms with Crippen molar-refractivity contribution >= 4 is 18.0 Å². The first-order valence-corrected chi connectivity index (χ1v) is 11.8. The first-order chi connectivity index (χ1) is 17.4. The normalized spacial score (nSPS) is 10.7. The standard InChI is InChI=1S/C27H32N2O7/c1-6-12-29-26(30)20(17-28)13-18-10-11-21(22(14-18)32-5)36-27(31)19-15-23(33-7-2)25(35-9-4)24(16-19)34-8-3/h10-11,13-16H,6-9,12H2,1-5H3,(H,29,30). The van der Waals surface area contributed by atoms with Crippen LogP contribution in [0, 0.1) is 11.3 Å². The monoisotopic (exact) mass is 496 g/mol. The molecule has 2 rings (SSSR count). The zero-order chi connectivity index (χ0) is 26.5. The molecule has 0 aromatic heterocycles. The van der Waals surface area contributed by atoms with Crippen molar-refractivity contribution < 1.29 is 33.3 Å². The van der Waals surface area contributed by atoms with Crippen LogP contribution < -0.4 is 29.0 Å². The highest BCUT2D eigenvalue weighted by Crippen LogP contribution is 2.39. The van der Waals surface area contributed by atoms with E-state index in [1.165, 1.54) is 31.4 Å². The van der Waals surface area contributed by atoms with Gasteiger partial charge in [-0.3, -0.25) is 4.79 Å². The molecule has 0 saturated carbocycles. The van der Waals surface area contributed by atoms with E-state index in [-0.39, 0.29) is 22.6 Å². The van der Waals surface area contributed by atoms with Crippen LogP contribution in [-0.4, -0.2) is 45.4 Å². The Morgan fingerprint density at radius 1 is 0.917 bits per heavy atom. The molecule has 9 heteroatoms. The van der Waals surface area contributed by atoms with Gasteiger partial charge in [-0.1, -0.05) is 13.0 Å². The van der Waals surface area contributed by atoms with Gasteiger partial charge in [-0.05, 0) is 63.1 Å². The number of methoxy groups -OCH3 is 1. The molecule has 1 N–H and O–H groups in total. The van der Waals surface area contributed by atoms with Crippen molar-refractivity contribution in [2.75, 3.05) is 33.5 Å². The van der Waals surface area contributed by atoms with Crippen molar-refractivity contribution in [1.29, 1.82) is 5.26 Å². The van der Waals surface area contributed by atoms with E-state index in [1.54, 1.807) is 12.1 Å². The highest BCUT2D eigenvalue weighted by atomic mass is 16.6. The third kappa shape index (κ3) is 7.40. The third-order valence-electron chi connectivity index (χ3n) is 4.75. The largest absolute Gasteiger partial charge is 0.493 e.